The normalized spacial score (nSPS) is 15.5. The summed E-state index contributed by atoms with van der Waals surface area (Å²) in [6, 6.07) is 13.5. The SMILES string of the molecule is C#Cc1cc(C2=CC(c3ccc4c(c3)CCC(=C)C4)=CC2)ccc1CCC=C. The summed E-state index contributed by atoms with van der Waals surface area (Å²) in [6.45, 7) is 7.96. The molecule has 0 heteroatoms. The molecule has 0 saturated carbocycles. The van der Waals surface area contributed by atoms with Crippen LogP contribution in [0.3, 0.4) is 0 Å². The number of benzene rings is 2. The minimum absolute atomic E-state index is 0.952. The minimum Gasteiger partial charge on any atom is -0.115 e. The van der Waals surface area contributed by atoms with Crippen molar-refractivity contribution in [3.8, 4) is 12.3 Å². The van der Waals surface area contributed by atoms with Gasteiger partial charge in [0.15, 0.2) is 0 Å². The van der Waals surface area contributed by atoms with Gasteiger partial charge in [0.1, 0.15) is 0 Å². The monoisotopic (exact) mass is 362 g/mol. The van der Waals surface area contributed by atoms with E-state index in [0.717, 1.165) is 44.1 Å². The van der Waals surface area contributed by atoms with E-state index in [4.69, 9.17) is 6.42 Å². The molecule has 0 aliphatic heterocycles. The molecule has 2 aliphatic rings. The molecule has 0 saturated heterocycles. The Bertz CT molecular complexity index is 1050. The van der Waals surface area contributed by atoms with Crippen LogP contribution in [0.25, 0.3) is 11.1 Å². The Hall–Kier alpha value is -3.04. The lowest BCUT2D eigenvalue weighted by atomic mass is 9.87. The zero-order valence-electron chi connectivity index (χ0n) is 16.4. The molecule has 28 heavy (non-hydrogen) atoms. The number of rotatable bonds is 5. The lowest BCUT2D eigenvalue weighted by Gasteiger charge is -2.18. The number of hydrogen-bond acceptors (Lipinski definition) is 0. The zero-order chi connectivity index (χ0) is 19.5. The van der Waals surface area contributed by atoms with Crippen molar-refractivity contribution in [3.05, 3.63) is 107 Å². The van der Waals surface area contributed by atoms with Crippen LogP contribution in [0.4, 0.5) is 0 Å². The van der Waals surface area contributed by atoms with E-state index >= 15 is 0 Å². The average Bonchev–Trinajstić information content (AvgIpc) is 3.22. The van der Waals surface area contributed by atoms with Crippen LogP contribution < -0.4 is 0 Å². The van der Waals surface area contributed by atoms with Crippen LogP contribution in [-0.2, 0) is 19.3 Å². The number of hydrogen-bond donors (Lipinski definition) is 0. The summed E-state index contributed by atoms with van der Waals surface area (Å²) in [5.41, 5.74) is 11.7. The Balaban J connectivity index is 1.58. The summed E-state index contributed by atoms with van der Waals surface area (Å²) in [6.07, 6.45) is 18.5. The van der Waals surface area contributed by atoms with E-state index in [1.165, 1.54) is 44.5 Å². The van der Waals surface area contributed by atoms with E-state index in [2.05, 4.69) is 67.6 Å². The van der Waals surface area contributed by atoms with Gasteiger partial charge in [-0.3, -0.25) is 0 Å². The lowest BCUT2D eigenvalue weighted by Crippen LogP contribution is -2.05. The molecule has 0 N–H and O–H groups in total. The zero-order valence-corrected chi connectivity index (χ0v) is 16.4. The Morgan fingerprint density at radius 2 is 1.89 bits per heavy atom. The third-order valence-corrected chi connectivity index (χ3v) is 5.85. The molecule has 0 atom stereocenters. The van der Waals surface area contributed by atoms with Crippen molar-refractivity contribution >= 4 is 11.1 Å². The molecule has 0 radical (unpaired) electrons. The summed E-state index contributed by atoms with van der Waals surface area (Å²) in [5.74, 6) is 2.86. The molecule has 0 unspecified atom stereocenters. The molecule has 2 aromatic carbocycles. The van der Waals surface area contributed by atoms with Gasteiger partial charge in [-0.05, 0) is 83.6 Å². The number of allylic oxidation sites excluding steroid dienone is 6. The highest BCUT2D eigenvalue weighted by Gasteiger charge is 2.16. The van der Waals surface area contributed by atoms with Crippen LogP contribution in [0.5, 0.6) is 0 Å². The summed E-state index contributed by atoms with van der Waals surface area (Å²) in [7, 11) is 0. The standard InChI is InChI=1S/C28H26/c1-4-6-7-22-10-11-25(17-21(22)5-2)26-14-15-28(19-26)27-13-12-23-16-20(3)8-9-24(23)18-27/h2,4,10-13,15,17-19H,1,3,6-9,14,16H2. The maximum atomic E-state index is 5.77. The molecule has 4 rings (SSSR count). The Kier molecular flexibility index (Phi) is 5.18. The first-order chi connectivity index (χ1) is 13.7. The predicted octanol–water partition coefficient (Wildman–Crippen LogP) is 6.70. The second-order valence-corrected chi connectivity index (χ2v) is 7.79. The van der Waals surface area contributed by atoms with Gasteiger partial charge < -0.3 is 0 Å². The summed E-state index contributed by atoms with van der Waals surface area (Å²) in [5, 5.41) is 0. The van der Waals surface area contributed by atoms with Gasteiger partial charge in [-0.15, -0.1) is 13.0 Å². The van der Waals surface area contributed by atoms with Crippen molar-refractivity contribution < 1.29 is 0 Å². The maximum Gasteiger partial charge on any atom is 0.0280 e. The van der Waals surface area contributed by atoms with Gasteiger partial charge in [0.2, 0.25) is 0 Å². The fourth-order valence-corrected chi connectivity index (χ4v) is 4.19. The molecule has 2 aliphatic carbocycles. The molecule has 0 fully saturated rings. The lowest BCUT2D eigenvalue weighted by molar-refractivity contribution is 0.840. The van der Waals surface area contributed by atoms with E-state index < -0.39 is 0 Å². The first-order valence-electron chi connectivity index (χ1n) is 10.1. The van der Waals surface area contributed by atoms with Gasteiger partial charge in [-0.1, -0.05) is 66.6 Å². The third-order valence-electron chi connectivity index (χ3n) is 5.85. The van der Waals surface area contributed by atoms with Gasteiger partial charge >= 0.3 is 0 Å². The van der Waals surface area contributed by atoms with Crippen LogP contribution in [0.1, 0.15) is 52.6 Å². The van der Waals surface area contributed by atoms with Gasteiger partial charge in [0.05, 0.1) is 0 Å². The summed E-state index contributed by atoms with van der Waals surface area (Å²) >= 11 is 0. The highest BCUT2D eigenvalue weighted by atomic mass is 14.2. The maximum absolute atomic E-state index is 5.77. The van der Waals surface area contributed by atoms with Crippen molar-refractivity contribution in [1.82, 2.24) is 0 Å². The van der Waals surface area contributed by atoms with Crippen molar-refractivity contribution in [1.29, 1.82) is 0 Å². The molecular formula is C28H26. The van der Waals surface area contributed by atoms with E-state index in [0.29, 0.717) is 0 Å². The van der Waals surface area contributed by atoms with Crippen LogP contribution >= 0.6 is 0 Å². The van der Waals surface area contributed by atoms with Crippen molar-refractivity contribution in [2.24, 2.45) is 0 Å². The number of aryl methyl sites for hydroxylation is 2. The minimum atomic E-state index is 0.952. The average molecular weight is 363 g/mol. The highest BCUT2D eigenvalue weighted by molar-refractivity contribution is 5.89. The van der Waals surface area contributed by atoms with Gasteiger partial charge in [0.25, 0.3) is 0 Å². The molecule has 0 heterocycles. The molecule has 0 amide bonds. The largest absolute Gasteiger partial charge is 0.115 e. The van der Waals surface area contributed by atoms with Crippen LogP contribution in [-0.4, -0.2) is 0 Å². The highest BCUT2D eigenvalue weighted by Crippen LogP contribution is 2.35. The third kappa shape index (κ3) is 3.67. The first kappa shape index (κ1) is 18.3. The predicted molar refractivity (Wildman–Crippen MR) is 121 cm³/mol. The topological polar surface area (TPSA) is 0 Å². The summed E-state index contributed by atoms with van der Waals surface area (Å²) in [4.78, 5) is 0. The van der Waals surface area contributed by atoms with E-state index in [1.807, 2.05) is 6.08 Å². The second kappa shape index (κ2) is 7.91. The van der Waals surface area contributed by atoms with Gasteiger partial charge in [-0.2, -0.15) is 0 Å². The quantitative estimate of drug-likeness (QED) is 0.410. The van der Waals surface area contributed by atoms with Crippen molar-refractivity contribution in [3.63, 3.8) is 0 Å². The Morgan fingerprint density at radius 3 is 2.71 bits per heavy atom. The first-order valence-corrected chi connectivity index (χ1v) is 10.1. The van der Waals surface area contributed by atoms with Gasteiger partial charge in [0, 0.05) is 5.56 Å². The van der Waals surface area contributed by atoms with Gasteiger partial charge in [-0.25, -0.2) is 0 Å². The van der Waals surface area contributed by atoms with Crippen LogP contribution in [0, 0.1) is 12.3 Å². The van der Waals surface area contributed by atoms with E-state index in [1.54, 1.807) is 0 Å². The molecule has 0 nitrogen and oxygen atoms in total. The van der Waals surface area contributed by atoms with E-state index in [9.17, 15) is 0 Å². The molecule has 138 valence electrons. The fraction of sp³-hybridized carbons (Fsp3) is 0.214. The second-order valence-electron chi connectivity index (χ2n) is 7.79. The van der Waals surface area contributed by atoms with Crippen LogP contribution in [0.2, 0.25) is 0 Å². The smallest absolute Gasteiger partial charge is 0.0280 e. The molecule has 0 aromatic heterocycles. The molecule has 0 spiro atoms. The Morgan fingerprint density at radius 1 is 1.04 bits per heavy atom. The number of fused-ring (bicyclic) bond motifs is 1. The number of terminal acetylenes is 1. The van der Waals surface area contributed by atoms with Crippen molar-refractivity contribution in [2.45, 2.75) is 38.5 Å². The molecule has 0 bridgehead atoms. The van der Waals surface area contributed by atoms with Crippen molar-refractivity contribution in [2.75, 3.05) is 0 Å². The fourth-order valence-electron chi connectivity index (χ4n) is 4.19. The molecular weight excluding hydrogens is 336 g/mol. The Labute approximate surface area is 169 Å². The summed E-state index contributed by atoms with van der Waals surface area (Å²) < 4.78 is 0. The van der Waals surface area contributed by atoms with Crippen LogP contribution in [0.15, 0.2) is 73.4 Å². The van der Waals surface area contributed by atoms with E-state index in [-0.39, 0.29) is 0 Å². The molecule has 2 aromatic rings.